The van der Waals surface area contributed by atoms with E-state index in [2.05, 4.69) is 62.2 Å². The van der Waals surface area contributed by atoms with E-state index in [0.717, 1.165) is 38.1 Å². The average molecular weight is 340 g/mol. The van der Waals surface area contributed by atoms with Crippen molar-refractivity contribution < 1.29 is 0 Å². The van der Waals surface area contributed by atoms with Gasteiger partial charge in [-0.2, -0.15) is 0 Å². The molecule has 0 aromatic carbocycles. The van der Waals surface area contributed by atoms with Crippen molar-refractivity contribution in [3.63, 3.8) is 0 Å². The van der Waals surface area contributed by atoms with Crippen LogP contribution in [0.3, 0.4) is 0 Å². The highest BCUT2D eigenvalue weighted by molar-refractivity contribution is 5.80. The second kappa shape index (κ2) is 11.7. The Kier molecular flexibility index (Phi) is 10.3. The molecule has 0 aromatic heterocycles. The summed E-state index contributed by atoms with van der Waals surface area (Å²) in [6.45, 7) is 14.2. The van der Waals surface area contributed by atoms with E-state index in [1.807, 2.05) is 0 Å². The first-order chi connectivity index (χ1) is 11.5. The second-order valence-corrected chi connectivity index (χ2v) is 7.30. The minimum atomic E-state index is 0.456. The van der Waals surface area contributed by atoms with E-state index in [1.54, 1.807) is 0 Å². The number of hydrogen-bond donors (Lipinski definition) is 2. The highest BCUT2D eigenvalue weighted by atomic mass is 15.2. The Labute approximate surface area is 150 Å². The van der Waals surface area contributed by atoms with Gasteiger partial charge in [-0.05, 0) is 79.2 Å². The molecule has 1 fully saturated rings. The van der Waals surface area contributed by atoms with Gasteiger partial charge < -0.3 is 20.4 Å². The van der Waals surface area contributed by atoms with E-state index in [0.29, 0.717) is 12.1 Å². The Hall–Kier alpha value is -0.810. The molecule has 2 unspecified atom stereocenters. The van der Waals surface area contributed by atoms with Crippen LogP contribution < -0.4 is 10.6 Å². The van der Waals surface area contributed by atoms with E-state index >= 15 is 0 Å². The number of nitrogens with one attached hydrogen (secondary N) is 2. The number of aliphatic imine (C=N–C) groups is 1. The molecule has 0 aromatic rings. The summed E-state index contributed by atoms with van der Waals surface area (Å²) in [5, 5.41) is 6.98. The van der Waals surface area contributed by atoms with Crippen LogP contribution in [-0.4, -0.2) is 74.7 Å². The summed E-state index contributed by atoms with van der Waals surface area (Å²) in [7, 11) is 4.35. The summed E-state index contributed by atoms with van der Waals surface area (Å²) in [6, 6.07) is 1.04. The normalized spacial score (nSPS) is 18.1. The highest BCUT2D eigenvalue weighted by Gasteiger charge is 2.32. The Morgan fingerprint density at radius 2 is 1.83 bits per heavy atom. The van der Waals surface area contributed by atoms with Gasteiger partial charge in [-0.1, -0.05) is 13.8 Å². The fourth-order valence-corrected chi connectivity index (χ4v) is 3.19. The second-order valence-electron chi connectivity index (χ2n) is 7.30. The summed E-state index contributed by atoms with van der Waals surface area (Å²) in [5.74, 6) is 1.82. The average Bonchev–Trinajstić information content (AvgIpc) is 3.36. The van der Waals surface area contributed by atoms with E-state index in [1.165, 1.54) is 32.2 Å². The van der Waals surface area contributed by atoms with Crippen LogP contribution in [0.25, 0.3) is 0 Å². The van der Waals surface area contributed by atoms with Crippen molar-refractivity contribution in [1.29, 1.82) is 0 Å². The van der Waals surface area contributed by atoms with Crippen molar-refractivity contribution in [3.05, 3.63) is 0 Å². The molecule has 1 saturated carbocycles. The van der Waals surface area contributed by atoms with Crippen molar-refractivity contribution in [2.75, 3.05) is 46.8 Å². The van der Waals surface area contributed by atoms with Crippen LogP contribution in [0.5, 0.6) is 0 Å². The third kappa shape index (κ3) is 8.34. The minimum absolute atomic E-state index is 0.456. The van der Waals surface area contributed by atoms with Crippen LogP contribution in [0.15, 0.2) is 4.99 Å². The van der Waals surface area contributed by atoms with Gasteiger partial charge in [-0.15, -0.1) is 0 Å². The number of likely N-dealkylation sites (N-methyl/N-ethyl adjacent to an activating group) is 1. The van der Waals surface area contributed by atoms with Gasteiger partial charge in [-0.25, -0.2) is 0 Å². The number of guanidine groups is 1. The molecule has 0 bridgehead atoms. The molecule has 0 aliphatic heterocycles. The first-order valence-corrected chi connectivity index (χ1v) is 9.95. The van der Waals surface area contributed by atoms with Crippen LogP contribution in [-0.2, 0) is 0 Å². The van der Waals surface area contributed by atoms with Crippen molar-refractivity contribution >= 4 is 5.96 Å². The van der Waals surface area contributed by atoms with Gasteiger partial charge in [0.05, 0.1) is 6.54 Å². The Morgan fingerprint density at radius 3 is 2.33 bits per heavy atom. The summed E-state index contributed by atoms with van der Waals surface area (Å²) in [4.78, 5) is 9.68. The van der Waals surface area contributed by atoms with Crippen molar-refractivity contribution in [2.24, 2.45) is 10.9 Å². The molecule has 0 saturated heterocycles. The predicted octanol–water partition coefficient (Wildman–Crippen LogP) is 2.39. The Balaban J connectivity index is 2.41. The van der Waals surface area contributed by atoms with E-state index in [4.69, 9.17) is 4.99 Å². The molecule has 5 nitrogen and oxygen atoms in total. The quantitative estimate of drug-likeness (QED) is 0.423. The van der Waals surface area contributed by atoms with E-state index in [9.17, 15) is 0 Å². The topological polar surface area (TPSA) is 42.9 Å². The lowest BCUT2D eigenvalue weighted by atomic mass is 10.1. The lowest BCUT2D eigenvalue weighted by molar-refractivity contribution is 0.271. The maximum absolute atomic E-state index is 4.85. The zero-order chi connectivity index (χ0) is 17.9. The van der Waals surface area contributed by atoms with Crippen molar-refractivity contribution in [2.45, 2.75) is 65.5 Å². The zero-order valence-electron chi connectivity index (χ0n) is 16.9. The standard InChI is InChI=1S/C19H41N5/c1-7-20-19(21-15-18(23(5)6)17-12-13-17)22-16(4)11-10-14-24(8-2)9-3/h16-18H,7-15H2,1-6H3,(H2,20,21,22). The molecule has 1 rings (SSSR count). The number of hydrogen-bond acceptors (Lipinski definition) is 3. The Morgan fingerprint density at radius 1 is 1.17 bits per heavy atom. The summed E-state index contributed by atoms with van der Waals surface area (Å²) >= 11 is 0. The first-order valence-electron chi connectivity index (χ1n) is 9.95. The first kappa shape index (κ1) is 21.2. The Bertz CT molecular complexity index is 346. The minimum Gasteiger partial charge on any atom is -0.357 e. The maximum atomic E-state index is 4.85. The van der Waals surface area contributed by atoms with E-state index in [-0.39, 0.29) is 0 Å². The molecule has 2 atom stereocenters. The van der Waals surface area contributed by atoms with Crippen LogP contribution in [0.2, 0.25) is 0 Å². The predicted molar refractivity (Wildman–Crippen MR) is 106 cm³/mol. The van der Waals surface area contributed by atoms with Crippen LogP contribution in [0.1, 0.15) is 53.4 Å². The third-order valence-electron chi connectivity index (χ3n) is 5.00. The van der Waals surface area contributed by atoms with Gasteiger partial charge in [0.15, 0.2) is 5.96 Å². The maximum Gasteiger partial charge on any atom is 0.191 e. The molecule has 24 heavy (non-hydrogen) atoms. The highest BCUT2D eigenvalue weighted by Crippen LogP contribution is 2.34. The van der Waals surface area contributed by atoms with Crippen LogP contribution in [0, 0.1) is 5.92 Å². The molecule has 0 heterocycles. The molecule has 0 spiro atoms. The molecule has 2 N–H and O–H groups in total. The van der Waals surface area contributed by atoms with Gasteiger partial charge in [-0.3, -0.25) is 4.99 Å². The number of nitrogens with zero attached hydrogens (tertiary/aromatic N) is 3. The fraction of sp³-hybridized carbons (Fsp3) is 0.947. The molecule has 1 aliphatic carbocycles. The summed E-state index contributed by atoms with van der Waals surface area (Å²) in [5.41, 5.74) is 0. The molecule has 0 radical (unpaired) electrons. The molecule has 142 valence electrons. The third-order valence-corrected chi connectivity index (χ3v) is 5.00. The molecule has 0 amide bonds. The SMILES string of the molecule is CCNC(=NCC(C1CC1)N(C)C)NC(C)CCCN(CC)CC. The monoisotopic (exact) mass is 339 g/mol. The lowest BCUT2D eigenvalue weighted by Gasteiger charge is -2.24. The zero-order valence-corrected chi connectivity index (χ0v) is 16.9. The van der Waals surface area contributed by atoms with Gasteiger partial charge in [0.2, 0.25) is 0 Å². The fourth-order valence-electron chi connectivity index (χ4n) is 3.19. The largest absolute Gasteiger partial charge is 0.357 e. The van der Waals surface area contributed by atoms with Gasteiger partial charge in [0.25, 0.3) is 0 Å². The summed E-state index contributed by atoms with van der Waals surface area (Å²) in [6.07, 6.45) is 5.15. The van der Waals surface area contributed by atoms with E-state index < -0.39 is 0 Å². The molecule has 5 heteroatoms. The van der Waals surface area contributed by atoms with Gasteiger partial charge in [0.1, 0.15) is 0 Å². The van der Waals surface area contributed by atoms with Gasteiger partial charge >= 0.3 is 0 Å². The summed E-state index contributed by atoms with van der Waals surface area (Å²) < 4.78 is 0. The number of rotatable bonds is 12. The molecular formula is C19H41N5. The molecule has 1 aliphatic rings. The smallest absolute Gasteiger partial charge is 0.191 e. The van der Waals surface area contributed by atoms with Crippen LogP contribution in [0.4, 0.5) is 0 Å². The van der Waals surface area contributed by atoms with Crippen molar-refractivity contribution in [3.8, 4) is 0 Å². The molecular weight excluding hydrogens is 298 g/mol. The lowest BCUT2D eigenvalue weighted by Crippen LogP contribution is -2.43. The van der Waals surface area contributed by atoms with Gasteiger partial charge in [0, 0.05) is 18.6 Å². The van der Waals surface area contributed by atoms with Crippen LogP contribution >= 0.6 is 0 Å². The van der Waals surface area contributed by atoms with Crippen molar-refractivity contribution in [1.82, 2.24) is 20.4 Å².